The Morgan fingerprint density at radius 3 is 2.79 bits per heavy atom. The standard InChI is InChI=1S/C14H19Cl2NO2/c1-9(18)4-5-19-14-10(8-17-12-2-3-12)6-11(15)7-13(14)16/h6-7,9,12,17-18H,2-5,8H2,1H3. The zero-order valence-corrected chi connectivity index (χ0v) is 12.5. The van der Waals surface area contributed by atoms with Gasteiger partial charge in [-0.2, -0.15) is 0 Å². The number of rotatable bonds is 7. The van der Waals surface area contributed by atoms with E-state index in [1.165, 1.54) is 12.8 Å². The highest BCUT2D eigenvalue weighted by atomic mass is 35.5. The average Bonchev–Trinajstić information content (AvgIpc) is 3.12. The van der Waals surface area contributed by atoms with Gasteiger partial charge in [-0.15, -0.1) is 0 Å². The quantitative estimate of drug-likeness (QED) is 0.811. The first-order chi connectivity index (χ1) is 9.06. The predicted octanol–water partition coefficient (Wildman–Crippen LogP) is 3.40. The van der Waals surface area contributed by atoms with Gasteiger partial charge >= 0.3 is 0 Å². The summed E-state index contributed by atoms with van der Waals surface area (Å²) >= 11 is 12.2. The lowest BCUT2D eigenvalue weighted by Gasteiger charge is -2.15. The van der Waals surface area contributed by atoms with Crippen LogP contribution in [0, 0.1) is 0 Å². The number of aliphatic hydroxyl groups excluding tert-OH is 1. The number of hydrogen-bond donors (Lipinski definition) is 2. The van der Waals surface area contributed by atoms with Crippen LogP contribution in [0.2, 0.25) is 10.0 Å². The van der Waals surface area contributed by atoms with E-state index in [9.17, 15) is 5.11 Å². The molecule has 0 amide bonds. The number of halogens is 2. The van der Waals surface area contributed by atoms with Crippen molar-refractivity contribution in [2.75, 3.05) is 6.61 Å². The van der Waals surface area contributed by atoms with Crippen LogP contribution in [0.25, 0.3) is 0 Å². The molecule has 19 heavy (non-hydrogen) atoms. The maximum atomic E-state index is 9.25. The third-order valence-corrected chi connectivity index (χ3v) is 3.52. The van der Waals surface area contributed by atoms with E-state index in [0.29, 0.717) is 41.4 Å². The topological polar surface area (TPSA) is 41.5 Å². The number of benzene rings is 1. The van der Waals surface area contributed by atoms with Gasteiger partial charge < -0.3 is 15.2 Å². The number of nitrogens with one attached hydrogen (secondary N) is 1. The van der Waals surface area contributed by atoms with E-state index in [1.807, 2.05) is 6.07 Å². The maximum absolute atomic E-state index is 9.25. The first kappa shape index (κ1) is 14.9. The van der Waals surface area contributed by atoms with E-state index in [0.717, 1.165) is 5.56 Å². The first-order valence-corrected chi connectivity index (χ1v) is 7.34. The summed E-state index contributed by atoms with van der Waals surface area (Å²) in [4.78, 5) is 0. The molecule has 1 aromatic rings. The smallest absolute Gasteiger partial charge is 0.142 e. The molecule has 0 aromatic heterocycles. The van der Waals surface area contributed by atoms with Crippen molar-refractivity contribution in [3.8, 4) is 5.75 Å². The van der Waals surface area contributed by atoms with Crippen LogP contribution in [0.15, 0.2) is 12.1 Å². The summed E-state index contributed by atoms with van der Waals surface area (Å²) in [5, 5.41) is 13.8. The van der Waals surface area contributed by atoms with Crippen LogP contribution in [0.3, 0.4) is 0 Å². The molecule has 1 aromatic carbocycles. The van der Waals surface area contributed by atoms with E-state index in [1.54, 1.807) is 13.0 Å². The lowest BCUT2D eigenvalue weighted by molar-refractivity contribution is 0.155. The molecule has 1 aliphatic rings. The van der Waals surface area contributed by atoms with Crippen LogP contribution in [0.5, 0.6) is 5.75 Å². The van der Waals surface area contributed by atoms with Crippen LogP contribution in [0.1, 0.15) is 31.7 Å². The van der Waals surface area contributed by atoms with Gasteiger partial charge in [0.2, 0.25) is 0 Å². The van der Waals surface area contributed by atoms with E-state index < -0.39 is 0 Å². The molecule has 106 valence electrons. The van der Waals surface area contributed by atoms with E-state index in [2.05, 4.69) is 5.32 Å². The third-order valence-electron chi connectivity index (χ3n) is 3.03. The van der Waals surface area contributed by atoms with Gasteiger partial charge in [-0.3, -0.25) is 0 Å². The van der Waals surface area contributed by atoms with Gasteiger partial charge in [-0.1, -0.05) is 23.2 Å². The van der Waals surface area contributed by atoms with Crippen molar-refractivity contribution in [1.82, 2.24) is 5.32 Å². The summed E-state index contributed by atoms with van der Waals surface area (Å²) in [6.07, 6.45) is 2.66. The van der Waals surface area contributed by atoms with Gasteiger partial charge in [0.05, 0.1) is 17.7 Å². The molecular weight excluding hydrogens is 285 g/mol. The van der Waals surface area contributed by atoms with Gasteiger partial charge in [0.15, 0.2) is 0 Å². The summed E-state index contributed by atoms with van der Waals surface area (Å²) in [6.45, 7) is 2.88. The molecule has 1 aliphatic carbocycles. The Bertz CT molecular complexity index is 434. The molecule has 1 unspecified atom stereocenters. The first-order valence-electron chi connectivity index (χ1n) is 6.58. The zero-order valence-electron chi connectivity index (χ0n) is 11.0. The Morgan fingerprint density at radius 2 is 2.16 bits per heavy atom. The molecule has 0 bridgehead atoms. The van der Waals surface area contributed by atoms with Crippen molar-refractivity contribution >= 4 is 23.2 Å². The Kier molecular flexibility index (Phi) is 5.34. The highest BCUT2D eigenvalue weighted by molar-refractivity contribution is 6.35. The third kappa shape index (κ3) is 4.84. The van der Waals surface area contributed by atoms with E-state index in [4.69, 9.17) is 27.9 Å². The van der Waals surface area contributed by atoms with Gasteiger partial charge in [-0.05, 0) is 31.9 Å². The predicted molar refractivity (Wildman–Crippen MR) is 78.1 cm³/mol. The lowest BCUT2D eigenvalue weighted by Crippen LogP contribution is -2.17. The van der Waals surface area contributed by atoms with E-state index >= 15 is 0 Å². The van der Waals surface area contributed by atoms with Crippen LogP contribution in [-0.4, -0.2) is 23.9 Å². The molecule has 0 saturated heterocycles. The fraction of sp³-hybridized carbons (Fsp3) is 0.571. The highest BCUT2D eigenvalue weighted by Gasteiger charge is 2.21. The molecular formula is C14H19Cl2NO2. The molecule has 0 spiro atoms. The molecule has 2 N–H and O–H groups in total. The second-order valence-electron chi connectivity index (χ2n) is 5.02. The summed E-state index contributed by atoms with van der Waals surface area (Å²) in [5.74, 6) is 0.667. The van der Waals surface area contributed by atoms with Crippen LogP contribution < -0.4 is 10.1 Å². The molecule has 1 atom stereocenters. The summed E-state index contributed by atoms with van der Waals surface area (Å²) in [5.41, 5.74) is 0.968. The van der Waals surface area contributed by atoms with Crippen LogP contribution in [-0.2, 0) is 6.54 Å². The summed E-state index contributed by atoms with van der Waals surface area (Å²) < 4.78 is 5.70. The normalized spacial score (nSPS) is 16.4. The fourth-order valence-corrected chi connectivity index (χ4v) is 2.37. The van der Waals surface area contributed by atoms with Crippen molar-refractivity contribution in [1.29, 1.82) is 0 Å². The second kappa shape index (κ2) is 6.80. The van der Waals surface area contributed by atoms with Gasteiger partial charge in [0.25, 0.3) is 0 Å². The molecule has 1 fully saturated rings. The molecule has 1 saturated carbocycles. The van der Waals surface area contributed by atoms with Crippen LogP contribution in [0.4, 0.5) is 0 Å². The SMILES string of the molecule is CC(O)CCOc1c(Cl)cc(Cl)cc1CNC1CC1. The summed E-state index contributed by atoms with van der Waals surface area (Å²) in [7, 11) is 0. The number of aliphatic hydroxyl groups is 1. The number of hydrogen-bond acceptors (Lipinski definition) is 3. The van der Waals surface area contributed by atoms with Gasteiger partial charge in [0.1, 0.15) is 5.75 Å². The van der Waals surface area contributed by atoms with Crippen molar-refractivity contribution in [3.63, 3.8) is 0 Å². The average molecular weight is 304 g/mol. The highest BCUT2D eigenvalue weighted by Crippen LogP contribution is 2.33. The molecule has 0 aliphatic heterocycles. The Balaban J connectivity index is 2.03. The minimum Gasteiger partial charge on any atom is -0.492 e. The minimum absolute atomic E-state index is 0.376. The monoisotopic (exact) mass is 303 g/mol. The molecule has 5 heteroatoms. The Labute approximate surface area is 123 Å². The van der Waals surface area contributed by atoms with Gasteiger partial charge in [-0.25, -0.2) is 0 Å². The largest absolute Gasteiger partial charge is 0.492 e. The van der Waals surface area contributed by atoms with Crippen molar-refractivity contribution in [2.24, 2.45) is 0 Å². The van der Waals surface area contributed by atoms with Crippen molar-refractivity contribution in [3.05, 3.63) is 27.7 Å². The Hall–Kier alpha value is -0.480. The molecule has 0 heterocycles. The molecule has 0 radical (unpaired) electrons. The Morgan fingerprint density at radius 1 is 1.42 bits per heavy atom. The van der Waals surface area contributed by atoms with Gasteiger partial charge in [0, 0.05) is 29.6 Å². The summed E-state index contributed by atoms with van der Waals surface area (Å²) in [6, 6.07) is 4.17. The maximum Gasteiger partial charge on any atom is 0.142 e. The zero-order chi connectivity index (χ0) is 13.8. The van der Waals surface area contributed by atoms with Crippen molar-refractivity contribution in [2.45, 2.75) is 44.9 Å². The molecule has 3 nitrogen and oxygen atoms in total. The lowest BCUT2D eigenvalue weighted by atomic mass is 10.2. The number of ether oxygens (including phenoxy) is 1. The van der Waals surface area contributed by atoms with E-state index in [-0.39, 0.29) is 6.10 Å². The second-order valence-corrected chi connectivity index (χ2v) is 5.86. The van der Waals surface area contributed by atoms with Crippen molar-refractivity contribution < 1.29 is 9.84 Å². The minimum atomic E-state index is -0.376. The van der Waals surface area contributed by atoms with Crippen LogP contribution >= 0.6 is 23.2 Å². The molecule has 2 rings (SSSR count). The fourth-order valence-electron chi connectivity index (χ4n) is 1.78.